The van der Waals surface area contributed by atoms with Gasteiger partial charge in [-0.2, -0.15) is 9.97 Å². The molecule has 3 N–H and O–H groups in total. The third kappa shape index (κ3) is 4.24. The molecule has 170 valence electrons. The molecule has 1 atom stereocenters. The van der Waals surface area contributed by atoms with Gasteiger partial charge >= 0.3 is 0 Å². The van der Waals surface area contributed by atoms with Crippen molar-refractivity contribution < 1.29 is 8.78 Å². The summed E-state index contributed by atoms with van der Waals surface area (Å²) in [5.41, 5.74) is 6.97. The number of nitrogen functional groups attached to an aromatic ring is 1. The van der Waals surface area contributed by atoms with E-state index < -0.39 is 0 Å². The van der Waals surface area contributed by atoms with Gasteiger partial charge in [0, 0.05) is 25.7 Å². The molecule has 1 aliphatic rings. The molecule has 33 heavy (non-hydrogen) atoms. The van der Waals surface area contributed by atoms with Gasteiger partial charge in [0.05, 0.1) is 11.6 Å². The minimum Gasteiger partial charge on any atom is -0.349 e. The SMILES string of the molecule is CC1CN(C(c2ccc(F)cc2)c2ccc(F)cc2)CCN1c1nc(NN)nc2scnc12. The van der Waals surface area contributed by atoms with E-state index in [0.717, 1.165) is 40.4 Å². The van der Waals surface area contributed by atoms with Crippen molar-refractivity contribution in [1.82, 2.24) is 19.9 Å². The van der Waals surface area contributed by atoms with Crippen LogP contribution in [-0.2, 0) is 0 Å². The summed E-state index contributed by atoms with van der Waals surface area (Å²) < 4.78 is 27.2. The monoisotopic (exact) mass is 467 g/mol. The number of nitrogens with zero attached hydrogens (tertiary/aromatic N) is 5. The van der Waals surface area contributed by atoms with Gasteiger partial charge in [0.25, 0.3) is 0 Å². The number of hydrogen-bond acceptors (Lipinski definition) is 8. The standard InChI is InChI=1S/C23H23F2N7S/c1-14-12-31(10-11-32(14)21-19-22(33-13-27-19)29-23(28-21)30-26)20(15-2-6-17(24)7-3-15)16-4-8-18(25)9-5-16/h2-9,13-14,20H,10-12,26H2,1H3,(H,28,29,30). The molecule has 5 rings (SSSR count). The minimum atomic E-state index is -0.282. The van der Waals surface area contributed by atoms with Gasteiger partial charge in [-0.05, 0) is 42.3 Å². The molecule has 0 saturated carbocycles. The average Bonchev–Trinajstić information content (AvgIpc) is 3.30. The molecule has 10 heteroatoms. The molecular weight excluding hydrogens is 444 g/mol. The Morgan fingerprint density at radius 3 is 2.21 bits per heavy atom. The lowest BCUT2D eigenvalue weighted by Crippen LogP contribution is -2.53. The largest absolute Gasteiger partial charge is 0.349 e. The van der Waals surface area contributed by atoms with Gasteiger partial charge < -0.3 is 4.90 Å². The minimum absolute atomic E-state index is 0.104. The van der Waals surface area contributed by atoms with Crippen LogP contribution in [-0.4, -0.2) is 45.5 Å². The molecule has 2 aromatic heterocycles. The first-order valence-corrected chi connectivity index (χ1v) is 11.5. The Morgan fingerprint density at radius 1 is 1.00 bits per heavy atom. The van der Waals surface area contributed by atoms with E-state index in [-0.39, 0.29) is 23.7 Å². The fourth-order valence-corrected chi connectivity index (χ4v) is 5.10. The van der Waals surface area contributed by atoms with Gasteiger partial charge in [0.1, 0.15) is 17.2 Å². The Bertz CT molecular complexity index is 1200. The highest BCUT2D eigenvalue weighted by atomic mass is 32.1. The van der Waals surface area contributed by atoms with E-state index in [1.165, 1.54) is 35.6 Å². The number of halogens is 2. The van der Waals surface area contributed by atoms with Crippen molar-refractivity contribution in [2.24, 2.45) is 5.84 Å². The normalized spacial score (nSPS) is 17.1. The van der Waals surface area contributed by atoms with E-state index in [9.17, 15) is 8.78 Å². The summed E-state index contributed by atoms with van der Waals surface area (Å²) in [7, 11) is 0. The maximum absolute atomic E-state index is 13.6. The van der Waals surface area contributed by atoms with Crippen molar-refractivity contribution in [2.45, 2.75) is 19.0 Å². The van der Waals surface area contributed by atoms with Crippen LogP contribution in [0.4, 0.5) is 20.5 Å². The van der Waals surface area contributed by atoms with Crippen LogP contribution in [0.1, 0.15) is 24.1 Å². The van der Waals surface area contributed by atoms with E-state index in [2.05, 4.69) is 37.1 Å². The quantitative estimate of drug-likeness (QED) is 0.340. The summed E-state index contributed by atoms with van der Waals surface area (Å²) in [4.78, 5) is 18.8. The molecular formula is C23H23F2N7S. The lowest BCUT2D eigenvalue weighted by atomic mass is 9.95. The molecule has 4 aromatic rings. The summed E-state index contributed by atoms with van der Waals surface area (Å²) >= 11 is 1.44. The number of nitrogens with two attached hydrogens (primary N) is 1. The fraction of sp³-hybridized carbons (Fsp3) is 0.261. The van der Waals surface area contributed by atoms with Gasteiger partial charge in [0.2, 0.25) is 5.95 Å². The first kappa shape index (κ1) is 21.6. The first-order valence-electron chi connectivity index (χ1n) is 10.6. The van der Waals surface area contributed by atoms with Crippen molar-refractivity contribution in [3.63, 3.8) is 0 Å². The predicted octanol–water partition coefficient (Wildman–Crippen LogP) is 3.95. The second-order valence-electron chi connectivity index (χ2n) is 8.06. The number of thiazole rings is 1. The van der Waals surface area contributed by atoms with Gasteiger partial charge in [-0.1, -0.05) is 24.3 Å². The molecule has 1 aliphatic heterocycles. The molecule has 0 bridgehead atoms. The Morgan fingerprint density at radius 2 is 1.64 bits per heavy atom. The van der Waals surface area contributed by atoms with Crippen LogP contribution in [0.25, 0.3) is 10.3 Å². The maximum Gasteiger partial charge on any atom is 0.240 e. The molecule has 1 fully saturated rings. The molecule has 2 aromatic carbocycles. The number of rotatable bonds is 5. The summed E-state index contributed by atoms with van der Waals surface area (Å²) in [6.45, 7) is 4.29. The molecule has 0 spiro atoms. The van der Waals surface area contributed by atoms with Gasteiger partial charge in [-0.15, -0.1) is 11.3 Å². The van der Waals surface area contributed by atoms with E-state index in [0.29, 0.717) is 12.5 Å². The van der Waals surface area contributed by atoms with Crippen LogP contribution in [0.3, 0.4) is 0 Å². The summed E-state index contributed by atoms with van der Waals surface area (Å²) in [6, 6.07) is 13.0. The first-order chi connectivity index (χ1) is 16.0. The van der Waals surface area contributed by atoms with Crippen LogP contribution >= 0.6 is 11.3 Å². The molecule has 0 aliphatic carbocycles. The third-order valence-corrected chi connectivity index (χ3v) is 6.70. The highest BCUT2D eigenvalue weighted by molar-refractivity contribution is 7.16. The van der Waals surface area contributed by atoms with Crippen LogP contribution in [0, 0.1) is 11.6 Å². The van der Waals surface area contributed by atoms with E-state index in [1.807, 2.05) is 0 Å². The molecule has 1 saturated heterocycles. The lowest BCUT2D eigenvalue weighted by Gasteiger charge is -2.44. The number of hydrazine groups is 1. The van der Waals surface area contributed by atoms with Crippen molar-refractivity contribution in [3.05, 3.63) is 76.8 Å². The summed E-state index contributed by atoms with van der Waals surface area (Å²) in [6.07, 6.45) is 0. The predicted molar refractivity (Wildman–Crippen MR) is 126 cm³/mol. The fourth-order valence-electron chi connectivity index (χ4n) is 4.45. The number of benzene rings is 2. The van der Waals surface area contributed by atoms with Crippen LogP contribution in [0.2, 0.25) is 0 Å². The van der Waals surface area contributed by atoms with Crippen LogP contribution in [0.15, 0.2) is 54.0 Å². The second-order valence-corrected chi connectivity index (χ2v) is 8.90. The smallest absolute Gasteiger partial charge is 0.240 e. The summed E-state index contributed by atoms with van der Waals surface area (Å²) in [5.74, 6) is 6.12. The molecule has 0 radical (unpaired) electrons. The number of hydrogen-bond donors (Lipinski definition) is 2. The Balaban J connectivity index is 1.46. The number of nitrogens with one attached hydrogen (secondary N) is 1. The number of fused-ring (bicyclic) bond motifs is 1. The van der Waals surface area contributed by atoms with Crippen molar-refractivity contribution in [3.8, 4) is 0 Å². The van der Waals surface area contributed by atoms with Crippen molar-refractivity contribution in [2.75, 3.05) is 30.0 Å². The number of anilines is 2. The van der Waals surface area contributed by atoms with Crippen LogP contribution in [0.5, 0.6) is 0 Å². The Kier molecular flexibility index (Phi) is 5.88. The molecule has 1 unspecified atom stereocenters. The van der Waals surface area contributed by atoms with Crippen molar-refractivity contribution in [1.29, 1.82) is 0 Å². The van der Waals surface area contributed by atoms with Gasteiger partial charge in [-0.3, -0.25) is 10.3 Å². The van der Waals surface area contributed by atoms with E-state index in [4.69, 9.17) is 5.84 Å². The zero-order chi connectivity index (χ0) is 22.9. The number of piperazine rings is 1. The zero-order valence-electron chi connectivity index (χ0n) is 17.9. The van der Waals surface area contributed by atoms with Gasteiger partial charge in [-0.25, -0.2) is 19.6 Å². The topological polar surface area (TPSA) is 83.2 Å². The molecule has 3 heterocycles. The number of aromatic nitrogens is 3. The van der Waals surface area contributed by atoms with Crippen LogP contribution < -0.4 is 16.2 Å². The van der Waals surface area contributed by atoms with Crippen molar-refractivity contribution >= 4 is 33.5 Å². The second kappa shape index (κ2) is 8.97. The van der Waals surface area contributed by atoms with E-state index >= 15 is 0 Å². The highest BCUT2D eigenvalue weighted by Crippen LogP contribution is 2.34. The highest BCUT2D eigenvalue weighted by Gasteiger charge is 2.32. The molecule has 7 nitrogen and oxygen atoms in total. The third-order valence-electron chi connectivity index (χ3n) is 5.98. The summed E-state index contributed by atoms with van der Waals surface area (Å²) in [5, 5.41) is 0. The van der Waals surface area contributed by atoms with Gasteiger partial charge in [0.15, 0.2) is 10.6 Å². The Hall–Kier alpha value is -3.21. The van der Waals surface area contributed by atoms with E-state index in [1.54, 1.807) is 29.8 Å². The average molecular weight is 468 g/mol. The molecule has 0 amide bonds. The lowest BCUT2D eigenvalue weighted by molar-refractivity contribution is 0.187. The Labute approximate surface area is 193 Å². The maximum atomic E-state index is 13.6. The zero-order valence-corrected chi connectivity index (χ0v) is 18.8.